The minimum absolute atomic E-state index is 0.152. The van der Waals surface area contributed by atoms with Gasteiger partial charge in [-0.05, 0) is 70.6 Å². The number of aliphatic hydroxyl groups excluding tert-OH is 3. The fourth-order valence-corrected chi connectivity index (χ4v) is 8.49. The summed E-state index contributed by atoms with van der Waals surface area (Å²) in [5, 5.41) is 33.6. The lowest BCUT2D eigenvalue weighted by Crippen LogP contribution is -2.50. The molecule has 0 aromatic rings. The van der Waals surface area contributed by atoms with Crippen LogP contribution in [0.4, 0.5) is 0 Å². The van der Waals surface area contributed by atoms with E-state index in [1.807, 2.05) is 0 Å². The van der Waals surface area contributed by atoms with Crippen molar-refractivity contribution in [1.29, 1.82) is 0 Å². The third-order valence-corrected chi connectivity index (χ3v) is 12.7. The highest BCUT2D eigenvalue weighted by Crippen LogP contribution is 2.17. The Kier molecular flexibility index (Phi) is 50.0. The molecule has 0 aliphatic rings. The van der Waals surface area contributed by atoms with E-state index >= 15 is 0 Å². The van der Waals surface area contributed by atoms with Crippen LogP contribution in [-0.2, 0) is 4.79 Å². The summed E-state index contributed by atoms with van der Waals surface area (Å²) in [6, 6.07) is -0.825. The fourth-order valence-electron chi connectivity index (χ4n) is 8.49. The van der Waals surface area contributed by atoms with Gasteiger partial charge in [-0.1, -0.05) is 249 Å². The fraction of sp³-hybridized carbons (Fsp3) is 0.875. The van der Waals surface area contributed by atoms with Crippen molar-refractivity contribution in [3.8, 4) is 0 Å². The number of amides is 1. The average Bonchev–Trinajstić information content (AvgIpc) is 3.26. The van der Waals surface area contributed by atoms with Crippen LogP contribution in [0.25, 0.3) is 0 Å². The molecule has 3 unspecified atom stereocenters. The van der Waals surface area contributed by atoms with Gasteiger partial charge in [-0.15, -0.1) is 0 Å². The van der Waals surface area contributed by atoms with Gasteiger partial charge < -0.3 is 20.6 Å². The first-order chi connectivity index (χ1) is 30.1. The van der Waals surface area contributed by atoms with Crippen LogP contribution in [0.3, 0.4) is 0 Å². The van der Waals surface area contributed by atoms with E-state index < -0.39 is 18.2 Å². The quantitative estimate of drug-likeness (QED) is 0.0362. The molecule has 0 saturated heterocycles. The highest BCUT2D eigenvalue weighted by Gasteiger charge is 2.26. The van der Waals surface area contributed by atoms with Gasteiger partial charge in [0.2, 0.25) is 5.91 Å². The van der Waals surface area contributed by atoms with Gasteiger partial charge in [0.25, 0.3) is 0 Å². The van der Waals surface area contributed by atoms with Crippen molar-refractivity contribution < 1.29 is 20.1 Å². The standard InChI is InChI=1S/C56H107NO4/c1-3-5-7-9-11-13-15-17-19-20-21-22-23-24-25-26-27-28-29-30-31-32-33-34-35-36-37-39-41-43-45-47-49-51-55(60)57-53(52-58)56(61)54(59)50-48-46-44-42-40-38-18-16-14-12-10-8-6-4-2/h21-22,24-25,42,44,53-54,56,58-59,61H,3-20,23,26-41,43,45-52H2,1-2H3,(H,57,60)/b22-21-,25-24-,44-42+. The molecule has 360 valence electrons. The molecule has 0 rings (SSSR count). The Labute approximate surface area is 381 Å². The molecule has 0 aromatic carbocycles. The van der Waals surface area contributed by atoms with Crippen molar-refractivity contribution in [2.24, 2.45) is 0 Å². The summed E-state index contributed by atoms with van der Waals surface area (Å²) in [6.07, 6.45) is 65.9. The summed E-state index contributed by atoms with van der Waals surface area (Å²) in [7, 11) is 0. The first kappa shape index (κ1) is 59.6. The van der Waals surface area contributed by atoms with Crippen LogP contribution in [0.1, 0.15) is 290 Å². The van der Waals surface area contributed by atoms with Crippen molar-refractivity contribution in [1.82, 2.24) is 5.32 Å². The summed E-state index contributed by atoms with van der Waals surface area (Å²) >= 11 is 0. The van der Waals surface area contributed by atoms with Crippen LogP contribution < -0.4 is 5.32 Å². The van der Waals surface area contributed by atoms with E-state index in [9.17, 15) is 20.1 Å². The minimum atomic E-state index is -1.16. The smallest absolute Gasteiger partial charge is 0.220 e. The zero-order valence-electron chi connectivity index (χ0n) is 41.1. The molecule has 0 spiro atoms. The Morgan fingerprint density at radius 1 is 0.410 bits per heavy atom. The molecule has 0 heterocycles. The molecule has 0 aliphatic heterocycles. The van der Waals surface area contributed by atoms with E-state index in [4.69, 9.17) is 0 Å². The maximum absolute atomic E-state index is 12.5. The van der Waals surface area contributed by atoms with Gasteiger partial charge in [-0.3, -0.25) is 4.79 Å². The summed E-state index contributed by atoms with van der Waals surface area (Å²) in [5.74, 6) is -0.152. The van der Waals surface area contributed by atoms with Crippen LogP contribution in [0, 0.1) is 0 Å². The summed E-state index contributed by atoms with van der Waals surface area (Å²) in [6.45, 7) is 4.18. The second-order valence-electron chi connectivity index (χ2n) is 18.8. The van der Waals surface area contributed by atoms with Crippen molar-refractivity contribution in [2.75, 3.05) is 6.61 Å². The monoisotopic (exact) mass is 858 g/mol. The van der Waals surface area contributed by atoms with E-state index in [1.54, 1.807) is 0 Å². The number of unbranched alkanes of at least 4 members (excludes halogenated alkanes) is 36. The zero-order chi connectivity index (χ0) is 44.4. The molecule has 1 amide bonds. The number of hydrogen-bond donors (Lipinski definition) is 4. The van der Waals surface area contributed by atoms with Gasteiger partial charge in [-0.2, -0.15) is 0 Å². The Morgan fingerprint density at radius 3 is 1.05 bits per heavy atom. The molecule has 5 nitrogen and oxygen atoms in total. The van der Waals surface area contributed by atoms with Crippen molar-refractivity contribution >= 4 is 5.91 Å². The number of nitrogens with one attached hydrogen (secondary N) is 1. The van der Waals surface area contributed by atoms with Crippen LogP contribution in [0.5, 0.6) is 0 Å². The Balaban J connectivity index is 3.51. The number of carbonyl (C=O) groups excluding carboxylic acids is 1. The summed E-state index contributed by atoms with van der Waals surface area (Å²) in [4.78, 5) is 12.5. The summed E-state index contributed by atoms with van der Waals surface area (Å²) < 4.78 is 0. The van der Waals surface area contributed by atoms with Gasteiger partial charge >= 0.3 is 0 Å². The van der Waals surface area contributed by atoms with Crippen LogP contribution in [0.15, 0.2) is 36.5 Å². The molecule has 0 fully saturated rings. The van der Waals surface area contributed by atoms with Crippen LogP contribution >= 0.6 is 0 Å². The second kappa shape index (κ2) is 51.2. The number of hydrogen-bond acceptors (Lipinski definition) is 4. The Bertz CT molecular complexity index is 947. The Morgan fingerprint density at radius 2 is 0.705 bits per heavy atom. The largest absolute Gasteiger partial charge is 0.394 e. The van der Waals surface area contributed by atoms with E-state index in [0.29, 0.717) is 12.8 Å². The van der Waals surface area contributed by atoms with Crippen LogP contribution in [0.2, 0.25) is 0 Å². The first-order valence-electron chi connectivity index (χ1n) is 27.3. The van der Waals surface area contributed by atoms with Gasteiger partial charge in [0.15, 0.2) is 0 Å². The van der Waals surface area contributed by atoms with E-state index in [2.05, 4.69) is 55.6 Å². The SMILES string of the molecule is CCCCCCCCCCC/C=C\C/C=C\CCCCCCCCCCCCCCCCCCCC(=O)NC(CO)C(O)C(O)CCC/C=C/CCCCCCCCCCC. The van der Waals surface area contributed by atoms with Gasteiger partial charge in [0, 0.05) is 6.42 Å². The predicted molar refractivity (Wildman–Crippen MR) is 268 cm³/mol. The second-order valence-corrected chi connectivity index (χ2v) is 18.8. The zero-order valence-corrected chi connectivity index (χ0v) is 41.1. The maximum atomic E-state index is 12.5. The molecule has 3 atom stereocenters. The molecular weight excluding hydrogens is 751 g/mol. The highest BCUT2D eigenvalue weighted by molar-refractivity contribution is 5.76. The third-order valence-electron chi connectivity index (χ3n) is 12.7. The first-order valence-corrected chi connectivity index (χ1v) is 27.3. The van der Waals surface area contributed by atoms with Gasteiger partial charge in [-0.25, -0.2) is 0 Å². The minimum Gasteiger partial charge on any atom is -0.394 e. The maximum Gasteiger partial charge on any atom is 0.220 e. The molecule has 0 radical (unpaired) electrons. The molecule has 0 saturated carbocycles. The molecule has 4 N–H and O–H groups in total. The average molecular weight is 858 g/mol. The van der Waals surface area contributed by atoms with E-state index in [0.717, 1.165) is 44.9 Å². The van der Waals surface area contributed by atoms with Gasteiger partial charge in [0.1, 0.15) is 6.10 Å². The summed E-state index contributed by atoms with van der Waals surface area (Å²) in [5.41, 5.74) is 0. The molecule has 0 bridgehead atoms. The third kappa shape index (κ3) is 46.4. The molecule has 0 aromatic heterocycles. The number of allylic oxidation sites excluding steroid dienone is 6. The normalized spacial score (nSPS) is 13.6. The lowest BCUT2D eigenvalue weighted by Gasteiger charge is -2.26. The predicted octanol–water partition coefficient (Wildman–Crippen LogP) is 16.7. The lowest BCUT2D eigenvalue weighted by atomic mass is 10.0. The molecule has 5 heteroatoms. The molecular formula is C56H107NO4. The van der Waals surface area contributed by atoms with Gasteiger partial charge in [0.05, 0.1) is 18.8 Å². The highest BCUT2D eigenvalue weighted by atomic mass is 16.3. The number of rotatable bonds is 50. The molecule has 61 heavy (non-hydrogen) atoms. The number of carbonyl (C=O) groups is 1. The van der Waals surface area contributed by atoms with E-state index in [1.165, 1.54) is 218 Å². The number of aliphatic hydroxyl groups is 3. The van der Waals surface area contributed by atoms with E-state index in [-0.39, 0.29) is 12.5 Å². The Hall–Kier alpha value is -1.43. The topological polar surface area (TPSA) is 89.8 Å². The van der Waals surface area contributed by atoms with Crippen molar-refractivity contribution in [2.45, 2.75) is 308 Å². The van der Waals surface area contributed by atoms with Crippen LogP contribution in [-0.4, -0.2) is 46.1 Å². The van der Waals surface area contributed by atoms with Crippen molar-refractivity contribution in [3.63, 3.8) is 0 Å². The van der Waals surface area contributed by atoms with Crippen molar-refractivity contribution in [3.05, 3.63) is 36.5 Å². The lowest BCUT2D eigenvalue weighted by molar-refractivity contribution is -0.124. The molecule has 0 aliphatic carbocycles.